The SMILES string of the molecule is CCCOc1cc(F)c(CSc2nc3c(n2-c2ccc(F)cc2)C(C)(c2ccc(OC)c(C)c2)CCC3)c(F)c1. The van der Waals surface area contributed by atoms with E-state index in [0.717, 1.165) is 59.6 Å². The molecule has 4 nitrogen and oxygen atoms in total. The van der Waals surface area contributed by atoms with E-state index in [1.165, 1.54) is 36.0 Å². The molecule has 0 spiro atoms. The Morgan fingerprint density at radius 3 is 2.40 bits per heavy atom. The molecular weight excluding hydrogens is 533 g/mol. The van der Waals surface area contributed by atoms with E-state index in [4.69, 9.17) is 14.5 Å². The van der Waals surface area contributed by atoms with Gasteiger partial charge < -0.3 is 9.47 Å². The molecule has 0 saturated heterocycles. The highest BCUT2D eigenvalue weighted by Crippen LogP contribution is 2.46. The van der Waals surface area contributed by atoms with Gasteiger partial charge in [0.2, 0.25) is 0 Å². The molecule has 40 heavy (non-hydrogen) atoms. The molecule has 0 bridgehead atoms. The maximum Gasteiger partial charge on any atom is 0.173 e. The summed E-state index contributed by atoms with van der Waals surface area (Å²) in [5.74, 6) is -0.596. The Hall–Kier alpha value is -3.39. The van der Waals surface area contributed by atoms with Crippen LogP contribution in [0.3, 0.4) is 0 Å². The van der Waals surface area contributed by atoms with E-state index >= 15 is 0 Å². The minimum atomic E-state index is -0.651. The van der Waals surface area contributed by atoms with Crippen LogP contribution in [-0.2, 0) is 17.6 Å². The summed E-state index contributed by atoms with van der Waals surface area (Å²) in [6.45, 7) is 6.55. The first-order valence-electron chi connectivity index (χ1n) is 13.5. The van der Waals surface area contributed by atoms with Crippen LogP contribution in [0.15, 0.2) is 59.8 Å². The fourth-order valence-corrected chi connectivity index (χ4v) is 6.55. The number of halogens is 3. The predicted octanol–water partition coefficient (Wildman–Crippen LogP) is 8.33. The third-order valence-electron chi connectivity index (χ3n) is 7.58. The lowest BCUT2D eigenvalue weighted by molar-refractivity contribution is 0.313. The third kappa shape index (κ3) is 5.33. The standard InChI is InChI=1S/C32H33F3N2O2S/c1-5-15-39-24-17-26(34)25(27(35)18-24)19-40-31-36-28-7-6-14-32(3,21-8-13-29(38-4)20(2)16-21)30(28)37(31)23-11-9-22(33)10-12-23/h8-13,16-18H,5-7,14-15,19H2,1-4H3. The maximum atomic E-state index is 15.0. The summed E-state index contributed by atoms with van der Waals surface area (Å²) in [7, 11) is 1.66. The molecular formula is C32H33F3N2O2S. The molecule has 1 unspecified atom stereocenters. The molecule has 0 amide bonds. The molecule has 4 aromatic rings. The molecule has 0 aliphatic heterocycles. The number of hydrogen-bond donors (Lipinski definition) is 0. The van der Waals surface area contributed by atoms with Gasteiger partial charge in [0.05, 0.1) is 25.1 Å². The lowest BCUT2D eigenvalue weighted by atomic mass is 9.71. The molecule has 0 N–H and O–H groups in total. The number of imidazole rings is 1. The van der Waals surface area contributed by atoms with Crippen molar-refractivity contribution < 1.29 is 22.6 Å². The third-order valence-corrected chi connectivity index (χ3v) is 8.55. The van der Waals surface area contributed by atoms with E-state index < -0.39 is 11.6 Å². The quantitative estimate of drug-likeness (QED) is 0.191. The van der Waals surface area contributed by atoms with Crippen molar-refractivity contribution in [3.8, 4) is 17.2 Å². The van der Waals surface area contributed by atoms with Crippen LogP contribution in [0, 0.1) is 24.4 Å². The van der Waals surface area contributed by atoms with E-state index in [0.29, 0.717) is 11.8 Å². The van der Waals surface area contributed by atoms with E-state index in [9.17, 15) is 13.2 Å². The molecule has 0 saturated carbocycles. The van der Waals surface area contributed by atoms with Crippen LogP contribution in [-0.4, -0.2) is 23.3 Å². The Bertz CT molecular complexity index is 1500. The summed E-state index contributed by atoms with van der Waals surface area (Å²) in [5.41, 5.74) is 4.45. The van der Waals surface area contributed by atoms with Crippen LogP contribution in [0.1, 0.15) is 61.2 Å². The summed E-state index contributed by atoms with van der Waals surface area (Å²) in [5, 5.41) is 0.611. The van der Waals surface area contributed by atoms with Gasteiger partial charge in [-0.05, 0) is 81.0 Å². The van der Waals surface area contributed by atoms with Crippen molar-refractivity contribution in [3.05, 3.63) is 100 Å². The Morgan fingerprint density at radius 1 is 1.02 bits per heavy atom. The summed E-state index contributed by atoms with van der Waals surface area (Å²) < 4.78 is 56.8. The number of methoxy groups -OCH3 is 1. The van der Waals surface area contributed by atoms with Crippen LogP contribution in [0.4, 0.5) is 13.2 Å². The fraction of sp³-hybridized carbons (Fsp3) is 0.344. The van der Waals surface area contributed by atoms with Crippen LogP contribution in [0.2, 0.25) is 0 Å². The fourth-order valence-electron chi connectivity index (χ4n) is 5.50. The number of thioether (sulfide) groups is 1. The van der Waals surface area contributed by atoms with Crippen LogP contribution >= 0.6 is 11.8 Å². The average Bonchev–Trinajstić information content (AvgIpc) is 3.31. The van der Waals surface area contributed by atoms with Crippen molar-refractivity contribution in [2.45, 2.75) is 62.8 Å². The molecule has 0 radical (unpaired) electrons. The molecule has 3 aromatic carbocycles. The highest BCUT2D eigenvalue weighted by molar-refractivity contribution is 7.98. The van der Waals surface area contributed by atoms with Crippen molar-refractivity contribution >= 4 is 11.8 Å². The van der Waals surface area contributed by atoms with Crippen molar-refractivity contribution in [1.29, 1.82) is 0 Å². The van der Waals surface area contributed by atoms with Gasteiger partial charge in [-0.15, -0.1) is 0 Å². The normalized spacial score (nSPS) is 16.6. The monoisotopic (exact) mass is 566 g/mol. The minimum absolute atomic E-state index is 0.0333. The molecule has 1 heterocycles. The van der Waals surface area contributed by atoms with Crippen LogP contribution < -0.4 is 9.47 Å². The van der Waals surface area contributed by atoms with Gasteiger partial charge in [-0.2, -0.15) is 0 Å². The lowest BCUT2D eigenvalue weighted by Gasteiger charge is -2.36. The first kappa shape index (κ1) is 28.1. The number of rotatable bonds is 9. The Labute approximate surface area is 237 Å². The van der Waals surface area contributed by atoms with Gasteiger partial charge in [0.15, 0.2) is 5.16 Å². The molecule has 1 aromatic heterocycles. The van der Waals surface area contributed by atoms with Gasteiger partial charge in [-0.25, -0.2) is 18.2 Å². The minimum Gasteiger partial charge on any atom is -0.496 e. The van der Waals surface area contributed by atoms with Crippen molar-refractivity contribution in [2.75, 3.05) is 13.7 Å². The Kier molecular flexibility index (Phi) is 8.17. The second-order valence-electron chi connectivity index (χ2n) is 10.4. The smallest absolute Gasteiger partial charge is 0.173 e. The number of nitrogens with zero attached hydrogens (tertiary/aromatic N) is 2. The topological polar surface area (TPSA) is 36.3 Å². The summed E-state index contributed by atoms with van der Waals surface area (Å²) in [6, 6.07) is 15.0. The number of aromatic nitrogens is 2. The second-order valence-corrected chi connectivity index (χ2v) is 11.3. The van der Waals surface area contributed by atoms with E-state index in [1.54, 1.807) is 19.2 Å². The second kappa shape index (κ2) is 11.6. The number of hydrogen-bond acceptors (Lipinski definition) is 4. The van der Waals surface area contributed by atoms with Gasteiger partial charge in [-0.1, -0.05) is 30.8 Å². The summed E-state index contributed by atoms with van der Waals surface area (Å²) >= 11 is 1.27. The molecule has 1 aliphatic rings. The van der Waals surface area contributed by atoms with Crippen LogP contribution in [0.5, 0.6) is 11.5 Å². The number of fused-ring (bicyclic) bond motifs is 1. The van der Waals surface area contributed by atoms with E-state index in [-0.39, 0.29) is 28.3 Å². The van der Waals surface area contributed by atoms with Crippen molar-refractivity contribution in [2.24, 2.45) is 0 Å². The Morgan fingerprint density at radius 2 is 1.75 bits per heavy atom. The first-order chi connectivity index (χ1) is 19.2. The zero-order chi connectivity index (χ0) is 28.4. The van der Waals surface area contributed by atoms with E-state index in [2.05, 4.69) is 19.1 Å². The summed E-state index contributed by atoms with van der Waals surface area (Å²) in [6.07, 6.45) is 3.37. The van der Waals surface area contributed by atoms with Gasteiger partial charge in [0.1, 0.15) is 29.0 Å². The van der Waals surface area contributed by atoms with E-state index in [1.807, 2.05) is 24.5 Å². The van der Waals surface area contributed by atoms with Crippen molar-refractivity contribution in [1.82, 2.24) is 9.55 Å². The lowest BCUT2D eigenvalue weighted by Crippen LogP contribution is -2.31. The zero-order valence-corrected chi connectivity index (χ0v) is 24.0. The Balaban J connectivity index is 1.58. The maximum absolute atomic E-state index is 15.0. The van der Waals surface area contributed by atoms with Crippen molar-refractivity contribution in [3.63, 3.8) is 0 Å². The summed E-state index contributed by atoms with van der Waals surface area (Å²) in [4.78, 5) is 5.00. The molecule has 0 fully saturated rings. The van der Waals surface area contributed by atoms with Gasteiger partial charge >= 0.3 is 0 Å². The van der Waals surface area contributed by atoms with Gasteiger partial charge in [0.25, 0.3) is 0 Å². The molecule has 1 atom stereocenters. The van der Waals surface area contributed by atoms with Gasteiger partial charge in [0, 0.05) is 34.6 Å². The largest absolute Gasteiger partial charge is 0.496 e. The van der Waals surface area contributed by atoms with Crippen LogP contribution in [0.25, 0.3) is 5.69 Å². The predicted molar refractivity (Wildman–Crippen MR) is 152 cm³/mol. The number of aryl methyl sites for hydroxylation is 2. The molecule has 1 aliphatic carbocycles. The molecule has 8 heteroatoms. The average molecular weight is 567 g/mol. The number of benzene rings is 3. The number of ether oxygens (including phenoxy) is 2. The van der Waals surface area contributed by atoms with Gasteiger partial charge in [-0.3, -0.25) is 4.57 Å². The first-order valence-corrected chi connectivity index (χ1v) is 14.5. The molecule has 210 valence electrons. The molecule has 5 rings (SSSR count). The highest BCUT2D eigenvalue weighted by Gasteiger charge is 2.39. The highest BCUT2D eigenvalue weighted by atomic mass is 32.2. The zero-order valence-electron chi connectivity index (χ0n) is 23.2.